The second kappa shape index (κ2) is 9.91. The van der Waals surface area contributed by atoms with Gasteiger partial charge in [-0.3, -0.25) is 9.59 Å². The van der Waals surface area contributed by atoms with Crippen molar-refractivity contribution in [3.63, 3.8) is 0 Å². The van der Waals surface area contributed by atoms with Crippen molar-refractivity contribution in [2.45, 2.75) is 20.3 Å². The molecule has 0 fully saturated rings. The molecule has 0 aliphatic carbocycles. The number of carbonyl (C=O) groups is 2. The van der Waals surface area contributed by atoms with Crippen LogP contribution in [0.25, 0.3) is 22.8 Å². The van der Waals surface area contributed by atoms with Gasteiger partial charge < -0.3 is 15.1 Å². The molecular weight excluding hydrogens is 416 g/mol. The molecule has 0 aliphatic rings. The van der Waals surface area contributed by atoms with Crippen molar-refractivity contribution in [1.82, 2.24) is 9.97 Å². The van der Waals surface area contributed by atoms with Crippen molar-refractivity contribution in [2.75, 3.05) is 10.6 Å². The van der Waals surface area contributed by atoms with Crippen LogP contribution in [0.1, 0.15) is 30.8 Å². The van der Waals surface area contributed by atoms with Gasteiger partial charge in [-0.1, -0.05) is 38.1 Å². The highest BCUT2D eigenvalue weighted by molar-refractivity contribution is 6.06. The number of aromatic nitrogens is 2. The van der Waals surface area contributed by atoms with Crippen LogP contribution in [0.3, 0.4) is 0 Å². The Labute approximate surface area is 191 Å². The summed E-state index contributed by atoms with van der Waals surface area (Å²) in [6.45, 7) is 3.99. The van der Waals surface area contributed by atoms with E-state index in [1.165, 1.54) is 0 Å². The normalized spacial score (nSPS) is 10.8. The van der Waals surface area contributed by atoms with E-state index in [0.29, 0.717) is 35.1 Å². The maximum absolute atomic E-state index is 13.0. The molecule has 0 spiro atoms. The number of rotatable bonds is 7. The highest BCUT2D eigenvalue weighted by atomic mass is 16.4. The van der Waals surface area contributed by atoms with Gasteiger partial charge in [-0.05, 0) is 54.4 Å². The fraction of sp³-hybridized carbons (Fsp3) is 0.154. The van der Waals surface area contributed by atoms with E-state index < -0.39 is 5.91 Å². The predicted octanol–water partition coefficient (Wildman–Crippen LogP) is 5.64. The molecule has 0 radical (unpaired) electrons. The predicted molar refractivity (Wildman–Crippen MR) is 128 cm³/mol. The van der Waals surface area contributed by atoms with Gasteiger partial charge in [0.2, 0.25) is 11.8 Å². The summed E-state index contributed by atoms with van der Waals surface area (Å²) in [5.74, 6) is 0.896. The molecule has 0 saturated carbocycles. The van der Waals surface area contributed by atoms with Crippen molar-refractivity contribution in [3.05, 3.63) is 84.7 Å². The quantitative estimate of drug-likeness (QED) is 0.388. The van der Waals surface area contributed by atoms with Crippen LogP contribution in [-0.4, -0.2) is 21.8 Å². The average molecular weight is 441 g/mol. The van der Waals surface area contributed by atoms with Gasteiger partial charge >= 0.3 is 0 Å². The Morgan fingerprint density at radius 2 is 1.61 bits per heavy atom. The topological polar surface area (TPSA) is 97.1 Å². The largest absolute Gasteiger partial charge is 0.435 e. The first kappa shape index (κ1) is 22.0. The highest BCUT2D eigenvalue weighted by Gasteiger charge is 2.23. The van der Waals surface area contributed by atoms with E-state index >= 15 is 0 Å². The molecule has 4 rings (SSSR count). The number of carbonyl (C=O) groups excluding carboxylic acids is 2. The molecule has 0 aliphatic heterocycles. The molecule has 33 heavy (non-hydrogen) atoms. The van der Waals surface area contributed by atoms with Gasteiger partial charge in [0.05, 0.1) is 0 Å². The van der Waals surface area contributed by atoms with E-state index in [9.17, 15) is 9.59 Å². The van der Waals surface area contributed by atoms with Crippen LogP contribution in [0.4, 0.5) is 11.5 Å². The minimum absolute atomic E-state index is 0.0424. The number of pyridine rings is 1. The van der Waals surface area contributed by atoms with Crippen molar-refractivity contribution >= 4 is 23.3 Å². The highest BCUT2D eigenvalue weighted by Crippen LogP contribution is 2.31. The first-order valence-electron chi connectivity index (χ1n) is 10.7. The summed E-state index contributed by atoms with van der Waals surface area (Å²) in [5.41, 5.74) is 2.24. The standard InChI is InChI=1S/C26H24N4O3/c1-17(2)16-22(31)28-20-13-11-18(12-14-20)24-23(25(32)29-21-10-6-7-15-27-21)30-26(33-24)19-8-4-3-5-9-19/h3-15,17H,16H2,1-2H3,(H,28,31)(H,27,29,32). The van der Waals surface area contributed by atoms with Crippen molar-refractivity contribution in [2.24, 2.45) is 5.92 Å². The van der Waals surface area contributed by atoms with Gasteiger partial charge in [0.25, 0.3) is 5.91 Å². The summed E-state index contributed by atoms with van der Waals surface area (Å²) in [7, 11) is 0. The molecule has 0 atom stereocenters. The number of hydrogen-bond donors (Lipinski definition) is 2. The van der Waals surface area contributed by atoms with Crippen LogP contribution in [0.5, 0.6) is 0 Å². The molecule has 7 nitrogen and oxygen atoms in total. The lowest BCUT2D eigenvalue weighted by Gasteiger charge is -2.08. The van der Waals surface area contributed by atoms with E-state index in [1.807, 2.05) is 44.2 Å². The second-order valence-corrected chi connectivity index (χ2v) is 7.96. The van der Waals surface area contributed by atoms with Crippen molar-refractivity contribution in [1.29, 1.82) is 0 Å². The molecule has 2 aromatic carbocycles. The van der Waals surface area contributed by atoms with E-state index in [-0.39, 0.29) is 17.5 Å². The van der Waals surface area contributed by atoms with Gasteiger partial charge in [0, 0.05) is 29.4 Å². The number of hydrogen-bond acceptors (Lipinski definition) is 5. The Kier molecular flexibility index (Phi) is 6.59. The zero-order valence-electron chi connectivity index (χ0n) is 18.4. The Hall–Kier alpha value is -4.26. The Morgan fingerprint density at radius 1 is 0.879 bits per heavy atom. The monoisotopic (exact) mass is 440 g/mol. The number of nitrogens with one attached hydrogen (secondary N) is 2. The molecule has 166 valence electrons. The zero-order valence-corrected chi connectivity index (χ0v) is 18.4. The Morgan fingerprint density at radius 3 is 2.27 bits per heavy atom. The summed E-state index contributed by atoms with van der Waals surface area (Å²) in [6.07, 6.45) is 2.04. The number of anilines is 2. The summed E-state index contributed by atoms with van der Waals surface area (Å²) in [6, 6.07) is 21.8. The maximum atomic E-state index is 13.0. The fourth-order valence-corrected chi connectivity index (χ4v) is 3.27. The smallest absolute Gasteiger partial charge is 0.279 e. The summed E-state index contributed by atoms with van der Waals surface area (Å²) < 4.78 is 6.04. The maximum Gasteiger partial charge on any atom is 0.279 e. The van der Waals surface area contributed by atoms with E-state index in [0.717, 1.165) is 5.56 Å². The second-order valence-electron chi connectivity index (χ2n) is 7.96. The van der Waals surface area contributed by atoms with Crippen LogP contribution in [-0.2, 0) is 4.79 Å². The molecule has 0 bridgehead atoms. The van der Waals surface area contributed by atoms with Crippen molar-refractivity contribution < 1.29 is 14.0 Å². The first-order valence-corrected chi connectivity index (χ1v) is 10.7. The molecule has 4 aromatic rings. The van der Waals surface area contributed by atoms with Gasteiger partial charge in [-0.25, -0.2) is 9.97 Å². The van der Waals surface area contributed by atoms with Crippen LogP contribution < -0.4 is 10.6 Å². The third-order valence-corrected chi connectivity index (χ3v) is 4.79. The Balaban J connectivity index is 1.65. The first-order chi connectivity index (χ1) is 16.0. The lowest BCUT2D eigenvalue weighted by Crippen LogP contribution is -2.14. The summed E-state index contributed by atoms with van der Waals surface area (Å²) >= 11 is 0. The van der Waals surface area contributed by atoms with Crippen molar-refractivity contribution in [3.8, 4) is 22.8 Å². The molecule has 2 amide bonds. The minimum Gasteiger partial charge on any atom is -0.435 e. The number of benzene rings is 2. The summed E-state index contributed by atoms with van der Waals surface area (Å²) in [4.78, 5) is 33.7. The molecule has 2 heterocycles. The lowest BCUT2D eigenvalue weighted by atomic mass is 10.1. The van der Waals surface area contributed by atoms with Gasteiger partial charge in [-0.15, -0.1) is 0 Å². The lowest BCUT2D eigenvalue weighted by molar-refractivity contribution is -0.116. The molecule has 0 unspecified atom stereocenters. The van der Waals surface area contributed by atoms with Gasteiger partial charge in [-0.2, -0.15) is 0 Å². The molecule has 2 aromatic heterocycles. The Bertz CT molecular complexity index is 1230. The number of nitrogens with zero attached hydrogens (tertiary/aromatic N) is 2. The van der Waals surface area contributed by atoms with Gasteiger partial charge in [0.15, 0.2) is 11.5 Å². The molecule has 2 N–H and O–H groups in total. The number of amides is 2. The van der Waals surface area contributed by atoms with Crippen LogP contribution in [0, 0.1) is 5.92 Å². The van der Waals surface area contributed by atoms with E-state index in [4.69, 9.17) is 4.42 Å². The zero-order chi connectivity index (χ0) is 23.2. The molecular formula is C26H24N4O3. The van der Waals surface area contributed by atoms with E-state index in [1.54, 1.807) is 48.7 Å². The van der Waals surface area contributed by atoms with Crippen LogP contribution in [0.15, 0.2) is 83.4 Å². The average Bonchev–Trinajstić information content (AvgIpc) is 3.26. The van der Waals surface area contributed by atoms with Gasteiger partial charge in [0.1, 0.15) is 5.82 Å². The minimum atomic E-state index is -0.427. The summed E-state index contributed by atoms with van der Waals surface area (Å²) in [5, 5.41) is 5.64. The third kappa shape index (κ3) is 5.51. The fourth-order valence-electron chi connectivity index (χ4n) is 3.27. The van der Waals surface area contributed by atoms with Crippen LogP contribution >= 0.6 is 0 Å². The third-order valence-electron chi connectivity index (χ3n) is 4.79. The van der Waals surface area contributed by atoms with Crippen LogP contribution in [0.2, 0.25) is 0 Å². The molecule has 7 heteroatoms. The van der Waals surface area contributed by atoms with E-state index in [2.05, 4.69) is 20.6 Å². The molecule has 0 saturated heterocycles. The SMILES string of the molecule is CC(C)CC(=O)Nc1ccc(-c2oc(-c3ccccc3)nc2C(=O)Nc2ccccn2)cc1. The number of oxazole rings is 1.